The van der Waals surface area contributed by atoms with E-state index in [0.717, 1.165) is 32.1 Å². The zero-order valence-electron chi connectivity index (χ0n) is 28.4. The molecule has 3 fully saturated rings. The molecule has 0 unspecified atom stereocenters. The number of aliphatic hydroxyl groups is 1. The normalized spacial score (nSPS) is 21.9. The number of benzene rings is 1. The number of primary amides is 2. The number of fused-ring (bicyclic) bond motifs is 1. The minimum Gasteiger partial charge on any atom is -0.384 e. The largest absolute Gasteiger partial charge is 0.384 e. The maximum Gasteiger partial charge on any atom is 0.287 e. The van der Waals surface area contributed by atoms with Gasteiger partial charge in [0.1, 0.15) is 23.2 Å². The van der Waals surface area contributed by atoms with Crippen LogP contribution in [0.4, 0.5) is 0 Å². The summed E-state index contributed by atoms with van der Waals surface area (Å²) in [5.41, 5.74) is 9.95. The molecule has 0 spiro atoms. The summed E-state index contributed by atoms with van der Waals surface area (Å²) in [4.78, 5) is 72.9. The quantitative estimate of drug-likeness (QED) is 0.209. The standard InChI is InChI=1S/C34H45N9O7/c1-33(2,49)27-17-38-40-43(27)22-16-25(31(47)39-34(28(44)30(36)46)10-12-50-13-11-34)41(18-22)32(48)26(14-20-6-4-3-5-7-20)42-19-37-23-9-8-21(29(35)45)15-24(23)42/h8-9,15,17,19-20,22,25-26,49H,3-7,10-14,16,18H2,1-2H3,(H2,35,45)(H2,36,46)(H,39,47)/t22-,25-,26+/m0/s1. The Labute approximate surface area is 288 Å². The molecule has 2 saturated heterocycles. The lowest BCUT2D eigenvalue weighted by molar-refractivity contribution is -0.147. The molecule has 3 aromatic rings. The summed E-state index contributed by atoms with van der Waals surface area (Å²) >= 11 is 0. The number of aromatic nitrogens is 5. The molecule has 6 N–H and O–H groups in total. The van der Waals surface area contributed by atoms with Crippen LogP contribution in [0.1, 0.15) is 99.8 Å². The lowest BCUT2D eigenvalue weighted by Gasteiger charge is -2.37. The predicted molar refractivity (Wildman–Crippen MR) is 178 cm³/mol. The van der Waals surface area contributed by atoms with Gasteiger partial charge in [0.25, 0.3) is 5.91 Å². The molecule has 2 aromatic heterocycles. The average molecular weight is 692 g/mol. The average Bonchev–Trinajstić information content (AvgIpc) is 3.85. The van der Waals surface area contributed by atoms with Gasteiger partial charge in [-0.2, -0.15) is 0 Å². The fourth-order valence-corrected chi connectivity index (χ4v) is 7.81. The number of rotatable bonds is 11. The molecule has 2 aliphatic heterocycles. The van der Waals surface area contributed by atoms with E-state index in [9.17, 15) is 24.3 Å². The van der Waals surface area contributed by atoms with Crippen LogP contribution in [0, 0.1) is 5.92 Å². The highest BCUT2D eigenvalue weighted by Crippen LogP contribution is 2.38. The van der Waals surface area contributed by atoms with Crippen molar-refractivity contribution in [1.82, 2.24) is 34.8 Å². The molecule has 3 atom stereocenters. The Morgan fingerprint density at radius 3 is 2.48 bits per heavy atom. The summed E-state index contributed by atoms with van der Waals surface area (Å²) < 4.78 is 8.73. The Kier molecular flexibility index (Phi) is 9.77. The summed E-state index contributed by atoms with van der Waals surface area (Å²) in [6.45, 7) is 3.50. The van der Waals surface area contributed by atoms with Gasteiger partial charge in [0.05, 0.1) is 35.3 Å². The Morgan fingerprint density at radius 1 is 1.10 bits per heavy atom. The number of Topliss-reactive ketones (excluding diaryl/α,β-unsaturated/α-hetero) is 1. The van der Waals surface area contributed by atoms with Crippen LogP contribution in [-0.2, 0) is 29.5 Å². The summed E-state index contributed by atoms with van der Waals surface area (Å²) in [5, 5.41) is 22.0. The lowest BCUT2D eigenvalue weighted by atomic mass is 9.84. The number of carbonyl (C=O) groups excluding carboxylic acids is 5. The number of imidazole rings is 1. The third-order valence-electron chi connectivity index (χ3n) is 10.5. The Bertz CT molecular complexity index is 1780. The van der Waals surface area contributed by atoms with Crippen LogP contribution in [0.5, 0.6) is 0 Å². The van der Waals surface area contributed by atoms with E-state index in [2.05, 4.69) is 20.6 Å². The molecule has 1 aliphatic carbocycles. The van der Waals surface area contributed by atoms with Crippen LogP contribution >= 0.6 is 0 Å². The maximum absolute atomic E-state index is 15.1. The molecule has 268 valence electrons. The van der Waals surface area contributed by atoms with Crippen molar-refractivity contribution in [2.75, 3.05) is 19.8 Å². The van der Waals surface area contributed by atoms with Crippen molar-refractivity contribution in [3.05, 3.63) is 42.0 Å². The van der Waals surface area contributed by atoms with Gasteiger partial charge in [-0.05, 0) is 44.4 Å². The van der Waals surface area contributed by atoms with Crippen molar-refractivity contribution in [3.63, 3.8) is 0 Å². The first-order valence-electron chi connectivity index (χ1n) is 17.2. The minimum absolute atomic E-state index is 0.0452. The van der Waals surface area contributed by atoms with Crippen molar-refractivity contribution in [3.8, 4) is 0 Å². The number of ketones is 1. The van der Waals surface area contributed by atoms with Crippen LogP contribution in [-0.4, -0.2) is 95.3 Å². The molecule has 6 rings (SSSR count). The van der Waals surface area contributed by atoms with Gasteiger partial charge < -0.3 is 36.1 Å². The van der Waals surface area contributed by atoms with Gasteiger partial charge in [-0.25, -0.2) is 9.67 Å². The number of ether oxygens (including phenoxy) is 1. The first-order chi connectivity index (χ1) is 23.8. The highest BCUT2D eigenvalue weighted by Gasteiger charge is 2.49. The molecule has 16 nitrogen and oxygen atoms in total. The third kappa shape index (κ3) is 6.86. The molecule has 0 bridgehead atoms. The summed E-state index contributed by atoms with van der Waals surface area (Å²) in [5.74, 6) is -3.45. The maximum atomic E-state index is 15.1. The van der Waals surface area contributed by atoms with E-state index in [4.69, 9.17) is 16.2 Å². The van der Waals surface area contributed by atoms with Crippen LogP contribution in [0.15, 0.2) is 30.7 Å². The summed E-state index contributed by atoms with van der Waals surface area (Å²) in [6.07, 6.45) is 8.79. The molecule has 4 amide bonds. The highest BCUT2D eigenvalue weighted by atomic mass is 16.5. The van der Waals surface area contributed by atoms with Gasteiger partial charge in [-0.15, -0.1) is 5.10 Å². The van der Waals surface area contributed by atoms with Crippen molar-refractivity contribution < 1.29 is 33.8 Å². The smallest absolute Gasteiger partial charge is 0.287 e. The SMILES string of the molecule is CC(C)(O)c1cnnn1[C@H]1C[C@@H](C(=O)NC2(C(=O)C(N)=O)CCOCC2)N(C(=O)[C@@H](CC2CCCCC2)n2cnc3ccc(C(N)=O)cc32)C1. The van der Waals surface area contributed by atoms with Gasteiger partial charge in [-0.3, -0.25) is 24.0 Å². The first kappa shape index (κ1) is 35.1. The van der Waals surface area contributed by atoms with Gasteiger partial charge >= 0.3 is 0 Å². The number of nitrogens with zero attached hydrogens (tertiary/aromatic N) is 6. The first-order valence-corrected chi connectivity index (χ1v) is 17.2. The molecular weight excluding hydrogens is 646 g/mol. The van der Waals surface area contributed by atoms with Crippen molar-refractivity contribution >= 4 is 40.4 Å². The zero-order valence-corrected chi connectivity index (χ0v) is 28.4. The molecule has 1 aromatic carbocycles. The van der Waals surface area contributed by atoms with Crippen molar-refractivity contribution in [2.45, 2.75) is 101 Å². The molecule has 50 heavy (non-hydrogen) atoms. The highest BCUT2D eigenvalue weighted by molar-refractivity contribution is 6.39. The van der Waals surface area contributed by atoms with Crippen molar-refractivity contribution in [2.24, 2.45) is 17.4 Å². The van der Waals surface area contributed by atoms with Gasteiger partial charge in [-0.1, -0.05) is 37.3 Å². The number of nitrogens with two attached hydrogens (primary N) is 2. The monoisotopic (exact) mass is 691 g/mol. The topological polar surface area (TPSA) is 231 Å². The molecule has 0 radical (unpaired) electrons. The Balaban J connectivity index is 1.41. The van der Waals surface area contributed by atoms with Crippen LogP contribution in [0.3, 0.4) is 0 Å². The van der Waals surface area contributed by atoms with Crippen LogP contribution < -0.4 is 16.8 Å². The van der Waals surface area contributed by atoms with Gasteiger partial charge in [0, 0.05) is 44.6 Å². The molecular formula is C34H45N9O7. The second kappa shape index (κ2) is 13.9. The van der Waals surface area contributed by atoms with Crippen molar-refractivity contribution in [1.29, 1.82) is 0 Å². The Hall–Kier alpha value is -4.70. The molecule has 16 heteroatoms. The second-order valence-electron chi connectivity index (χ2n) is 14.4. The summed E-state index contributed by atoms with van der Waals surface area (Å²) in [7, 11) is 0. The lowest BCUT2D eigenvalue weighted by Crippen LogP contribution is -2.63. The van der Waals surface area contributed by atoms with E-state index in [1.807, 2.05) is 0 Å². The number of likely N-dealkylation sites (tertiary alicyclic amines) is 1. The third-order valence-corrected chi connectivity index (χ3v) is 10.5. The van der Waals surface area contributed by atoms with E-state index < -0.39 is 52.8 Å². The molecule has 4 heterocycles. The summed E-state index contributed by atoms with van der Waals surface area (Å²) in [6, 6.07) is 2.45. The predicted octanol–water partition coefficient (Wildman–Crippen LogP) is 1.03. The number of amides is 4. The van der Waals surface area contributed by atoms with E-state index >= 15 is 4.79 Å². The van der Waals surface area contributed by atoms with E-state index in [-0.39, 0.29) is 56.4 Å². The second-order valence-corrected chi connectivity index (χ2v) is 14.4. The van der Waals surface area contributed by atoms with E-state index in [1.54, 1.807) is 42.9 Å². The fourth-order valence-electron chi connectivity index (χ4n) is 7.81. The zero-order chi connectivity index (χ0) is 35.8. The number of hydrogen-bond acceptors (Lipinski definition) is 10. The van der Waals surface area contributed by atoms with Gasteiger partial charge in [0.15, 0.2) is 0 Å². The van der Waals surface area contributed by atoms with Crippen LogP contribution in [0.25, 0.3) is 11.0 Å². The number of nitrogens with one attached hydrogen (secondary N) is 1. The van der Waals surface area contributed by atoms with E-state index in [0.29, 0.717) is 23.1 Å². The molecule has 1 saturated carbocycles. The minimum atomic E-state index is -1.58. The number of carbonyl (C=O) groups is 5. The Morgan fingerprint density at radius 2 is 1.82 bits per heavy atom. The van der Waals surface area contributed by atoms with Gasteiger partial charge in [0.2, 0.25) is 23.5 Å². The number of hydrogen-bond donors (Lipinski definition) is 4. The fraction of sp³-hybridized carbons (Fsp3) is 0.588. The molecule has 3 aliphatic rings. The van der Waals surface area contributed by atoms with E-state index in [1.165, 1.54) is 15.8 Å². The van der Waals surface area contributed by atoms with Crippen LogP contribution in [0.2, 0.25) is 0 Å².